The fourth-order valence-electron chi connectivity index (χ4n) is 3.33. The van der Waals surface area contributed by atoms with E-state index in [1.165, 1.54) is 0 Å². The Labute approximate surface area is 188 Å². The van der Waals surface area contributed by atoms with Crippen molar-refractivity contribution in [2.75, 3.05) is 5.32 Å². The summed E-state index contributed by atoms with van der Waals surface area (Å²) < 4.78 is 5.91. The third-order valence-electron chi connectivity index (χ3n) is 5.03. The van der Waals surface area contributed by atoms with Gasteiger partial charge in [-0.15, -0.1) is 0 Å². The Kier molecular flexibility index (Phi) is 7.17. The van der Waals surface area contributed by atoms with Crippen LogP contribution >= 0.6 is 0 Å². The van der Waals surface area contributed by atoms with Crippen molar-refractivity contribution in [3.05, 3.63) is 126 Å². The van der Waals surface area contributed by atoms with Crippen LogP contribution in [0.25, 0.3) is 0 Å². The zero-order valence-electron chi connectivity index (χ0n) is 17.8. The summed E-state index contributed by atoms with van der Waals surface area (Å²) >= 11 is 0. The summed E-state index contributed by atoms with van der Waals surface area (Å²) in [7, 11) is 0. The normalized spacial score (nSPS) is 10.4. The molecule has 2 N–H and O–H groups in total. The molecule has 0 bridgehead atoms. The minimum Gasteiger partial charge on any atom is -0.457 e. The van der Waals surface area contributed by atoms with Crippen molar-refractivity contribution >= 4 is 11.6 Å². The van der Waals surface area contributed by atoms with Gasteiger partial charge in [-0.3, -0.25) is 4.79 Å². The van der Waals surface area contributed by atoms with E-state index >= 15 is 0 Å². The van der Waals surface area contributed by atoms with Crippen LogP contribution in [-0.4, -0.2) is 5.91 Å². The molecule has 0 heterocycles. The second-order valence-corrected chi connectivity index (χ2v) is 7.55. The maximum absolute atomic E-state index is 12.2. The summed E-state index contributed by atoms with van der Waals surface area (Å²) in [5.41, 5.74) is 4.22. The molecule has 1 amide bonds. The van der Waals surface area contributed by atoms with Crippen LogP contribution in [0.2, 0.25) is 0 Å². The van der Waals surface area contributed by atoms with Gasteiger partial charge >= 0.3 is 0 Å². The van der Waals surface area contributed by atoms with E-state index in [0.29, 0.717) is 19.5 Å². The SMILES string of the molecule is O=C(Cc1ccc(NCc2cccc(Oc3ccccc3)c2)cc1)NCc1ccccc1. The Hall–Kier alpha value is -4.05. The number of para-hydroxylation sites is 1. The first-order chi connectivity index (χ1) is 15.7. The van der Waals surface area contributed by atoms with Gasteiger partial charge in [-0.2, -0.15) is 0 Å². The van der Waals surface area contributed by atoms with Crippen molar-refractivity contribution in [1.82, 2.24) is 5.32 Å². The first kappa shape index (κ1) is 21.2. The molecule has 0 atom stereocenters. The van der Waals surface area contributed by atoms with Gasteiger partial charge in [-0.05, 0) is 53.1 Å². The fraction of sp³-hybridized carbons (Fsp3) is 0.107. The van der Waals surface area contributed by atoms with Crippen LogP contribution in [0, 0.1) is 0 Å². The lowest BCUT2D eigenvalue weighted by molar-refractivity contribution is -0.120. The molecular weight excluding hydrogens is 396 g/mol. The Balaban J connectivity index is 1.26. The van der Waals surface area contributed by atoms with Crippen LogP contribution in [-0.2, 0) is 24.3 Å². The Morgan fingerprint density at radius 2 is 1.28 bits per heavy atom. The van der Waals surface area contributed by atoms with E-state index in [1.807, 2.05) is 103 Å². The van der Waals surface area contributed by atoms with Gasteiger partial charge in [0.2, 0.25) is 5.91 Å². The Morgan fingerprint density at radius 1 is 0.625 bits per heavy atom. The molecule has 32 heavy (non-hydrogen) atoms. The molecule has 0 aliphatic heterocycles. The smallest absolute Gasteiger partial charge is 0.224 e. The third-order valence-corrected chi connectivity index (χ3v) is 5.03. The molecule has 0 unspecified atom stereocenters. The van der Waals surface area contributed by atoms with Gasteiger partial charge in [0.1, 0.15) is 11.5 Å². The van der Waals surface area contributed by atoms with Crippen molar-refractivity contribution in [2.24, 2.45) is 0 Å². The van der Waals surface area contributed by atoms with Gasteiger partial charge < -0.3 is 15.4 Å². The fourth-order valence-corrected chi connectivity index (χ4v) is 3.33. The minimum atomic E-state index is 0.0183. The van der Waals surface area contributed by atoms with Crippen LogP contribution in [0.5, 0.6) is 11.5 Å². The number of carbonyl (C=O) groups is 1. The molecule has 0 aliphatic rings. The number of carbonyl (C=O) groups excluding carboxylic acids is 1. The highest BCUT2D eigenvalue weighted by atomic mass is 16.5. The van der Waals surface area contributed by atoms with Crippen molar-refractivity contribution in [3.8, 4) is 11.5 Å². The number of hydrogen-bond acceptors (Lipinski definition) is 3. The molecule has 0 saturated carbocycles. The van der Waals surface area contributed by atoms with Crippen molar-refractivity contribution in [1.29, 1.82) is 0 Å². The van der Waals surface area contributed by atoms with Gasteiger partial charge in [-0.1, -0.05) is 72.8 Å². The molecule has 4 rings (SSSR count). The molecule has 0 aliphatic carbocycles. The van der Waals surface area contributed by atoms with E-state index in [1.54, 1.807) is 0 Å². The number of rotatable bonds is 9. The highest BCUT2D eigenvalue weighted by Gasteiger charge is 2.04. The van der Waals surface area contributed by atoms with Crippen LogP contribution in [0.1, 0.15) is 16.7 Å². The van der Waals surface area contributed by atoms with Crippen LogP contribution in [0.15, 0.2) is 109 Å². The number of amides is 1. The van der Waals surface area contributed by atoms with Gasteiger partial charge in [-0.25, -0.2) is 0 Å². The van der Waals surface area contributed by atoms with E-state index in [-0.39, 0.29) is 5.91 Å². The average Bonchev–Trinajstić information content (AvgIpc) is 2.84. The zero-order valence-corrected chi connectivity index (χ0v) is 17.8. The van der Waals surface area contributed by atoms with E-state index in [9.17, 15) is 4.79 Å². The lowest BCUT2D eigenvalue weighted by Gasteiger charge is -2.10. The molecule has 4 nitrogen and oxygen atoms in total. The largest absolute Gasteiger partial charge is 0.457 e. The number of ether oxygens (including phenoxy) is 1. The first-order valence-electron chi connectivity index (χ1n) is 10.7. The predicted molar refractivity (Wildman–Crippen MR) is 129 cm³/mol. The van der Waals surface area contributed by atoms with Gasteiger partial charge in [0.25, 0.3) is 0 Å². The number of benzene rings is 4. The highest BCUT2D eigenvalue weighted by molar-refractivity contribution is 5.78. The van der Waals surface area contributed by atoms with Crippen molar-refractivity contribution < 1.29 is 9.53 Å². The van der Waals surface area contributed by atoms with Crippen LogP contribution in [0.4, 0.5) is 5.69 Å². The maximum atomic E-state index is 12.2. The standard InChI is InChI=1S/C28H26N2O2/c31-28(30-20-23-8-3-1-4-9-23)19-22-14-16-25(17-15-22)29-21-24-10-7-13-27(18-24)32-26-11-5-2-6-12-26/h1-18,29H,19-21H2,(H,30,31). The molecule has 4 aromatic rings. The Bertz CT molecular complexity index is 1130. The molecule has 0 radical (unpaired) electrons. The monoisotopic (exact) mass is 422 g/mol. The maximum Gasteiger partial charge on any atom is 0.224 e. The molecule has 0 fully saturated rings. The molecule has 160 valence electrons. The summed E-state index contributed by atoms with van der Waals surface area (Å²) in [6, 6.07) is 35.7. The molecule has 4 heteroatoms. The summed E-state index contributed by atoms with van der Waals surface area (Å²) in [4.78, 5) is 12.2. The number of anilines is 1. The van der Waals surface area contributed by atoms with E-state index in [2.05, 4.69) is 16.7 Å². The second-order valence-electron chi connectivity index (χ2n) is 7.55. The summed E-state index contributed by atoms with van der Waals surface area (Å²) in [5, 5.41) is 6.39. The highest BCUT2D eigenvalue weighted by Crippen LogP contribution is 2.22. The van der Waals surface area contributed by atoms with E-state index in [4.69, 9.17) is 4.74 Å². The van der Waals surface area contributed by atoms with E-state index < -0.39 is 0 Å². The zero-order chi connectivity index (χ0) is 22.0. The summed E-state index contributed by atoms with van der Waals surface area (Å²) in [5.74, 6) is 1.65. The summed E-state index contributed by atoms with van der Waals surface area (Å²) in [6.45, 7) is 1.23. The molecular formula is C28H26N2O2. The minimum absolute atomic E-state index is 0.0183. The molecule has 0 spiro atoms. The van der Waals surface area contributed by atoms with Crippen LogP contribution in [0.3, 0.4) is 0 Å². The quantitative estimate of drug-likeness (QED) is 0.350. The molecule has 0 saturated heterocycles. The lowest BCUT2D eigenvalue weighted by Crippen LogP contribution is -2.24. The predicted octanol–water partition coefficient (Wildman–Crippen LogP) is 5.95. The van der Waals surface area contributed by atoms with Gasteiger partial charge in [0.15, 0.2) is 0 Å². The van der Waals surface area contributed by atoms with Gasteiger partial charge in [0.05, 0.1) is 6.42 Å². The first-order valence-corrected chi connectivity index (χ1v) is 10.7. The summed E-state index contributed by atoms with van der Waals surface area (Å²) in [6.07, 6.45) is 0.367. The topological polar surface area (TPSA) is 50.4 Å². The van der Waals surface area contributed by atoms with Gasteiger partial charge in [0, 0.05) is 18.8 Å². The number of nitrogens with one attached hydrogen (secondary N) is 2. The second kappa shape index (κ2) is 10.8. The third kappa shape index (κ3) is 6.47. The molecule has 0 aromatic heterocycles. The van der Waals surface area contributed by atoms with Crippen molar-refractivity contribution in [3.63, 3.8) is 0 Å². The van der Waals surface area contributed by atoms with E-state index in [0.717, 1.165) is 33.9 Å². The Morgan fingerprint density at radius 3 is 2.03 bits per heavy atom. The lowest BCUT2D eigenvalue weighted by atomic mass is 10.1. The number of hydrogen-bond donors (Lipinski definition) is 2. The molecule has 4 aromatic carbocycles. The average molecular weight is 423 g/mol. The van der Waals surface area contributed by atoms with Crippen LogP contribution < -0.4 is 15.4 Å². The van der Waals surface area contributed by atoms with Crippen molar-refractivity contribution in [2.45, 2.75) is 19.5 Å².